The van der Waals surface area contributed by atoms with Crippen LogP contribution in [0.4, 0.5) is 0 Å². The van der Waals surface area contributed by atoms with Crippen molar-refractivity contribution in [2.24, 2.45) is 5.73 Å². The molecule has 0 aliphatic heterocycles. The summed E-state index contributed by atoms with van der Waals surface area (Å²) in [5.74, 6) is 0.464. The van der Waals surface area contributed by atoms with Crippen LogP contribution in [0.1, 0.15) is 90.2 Å². The molecular formula is C29H48N2O3. The van der Waals surface area contributed by atoms with Crippen molar-refractivity contribution in [3.05, 3.63) is 71.8 Å². The number of ketones is 1. The van der Waals surface area contributed by atoms with Gasteiger partial charge in [0.25, 0.3) is 6.47 Å². The van der Waals surface area contributed by atoms with Crippen LogP contribution in [0.15, 0.2) is 60.7 Å². The number of rotatable bonds is 4. The molecule has 0 radical (unpaired) electrons. The molecule has 5 nitrogen and oxygen atoms in total. The second kappa shape index (κ2) is 23.7. The topological polar surface area (TPSA) is 92.4 Å². The number of carbonyl (C=O) groups is 2. The van der Waals surface area contributed by atoms with Gasteiger partial charge in [0.2, 0.25) is 0 Å². The van der Waals surface area contributed by atoms with Gasteiger partial charge in [0.05, 0.1) is 0 Å². The zero-order chi connectivity index (χ0) is 23.3. The van der Waals surface area contributed by atoms with E-state index in [4.69, 9.17) is 15.6 Å². The Morgan fingerprint density at radius 3 is 1.62 bits per heavy atom. The standard InChI is InChI=1S/C13H19N.C7H9N.C6H10O.CH2O2.2CH4/c1-3-7-12(8-4-1)11-14-13-9-5-2-6-10-13;8-6-7-4-2-1-3-5-7;7-6-4-2-1-3-5-6;2-1-3;;/h1,3-4,7-8,13-14H,2,5-6,9-11H2;1-5H,6,8H2;1-5H2;1H,(H,2,3);2*1H4. The van der Waals surface area contributed by atoms with Gasteiger partial charge in [0.15, 0.2) is 0 Å². The molecule has 2 aliphatic rings. The highest BCUT2D eigenvalue weighted by Crippen LogP contribution is 2.17. The summed E-state index contributed by atoms with van der Waals surface area (Å²) >= 11 is 0. The maximum atomic E-state index is 10.5. The quantitative estimate of drug-likeness (QED) is 0.428. The third-order valence-electron chi connectivity index (χ3n) is 5.53. The molecule has 192 valence electrons. The number of nitrogens with one attached hydrogen (secondary N) is 1. The van der Waals surface area contributed by atoms with Crippen molar-refractivity contribution in [3.8, 4) is 0 Å². The molecule has 0 spiro atoms. The predicted molar refractivity (Wildman–Crippen MR) is 145 cm³/mol. The molecule has 34 heavy (non-hydrogen) atoms. The molecule has 2 saturated carbocycles. The first-order valence-corrected chi connectivity index (χ1v) is 11.8. The van der Waals surface area contributed by atoms with Crippen molar-refractivity contribution in [1.29, 1.82) is 0 Å². The maximum Gasteiger partial charge on any atom is 0.290 e. The fraction of sp³-hybridized carbons (Fsp3) is 0.517. The highest BCUT2D eigenvalue weighted by atomic mass is 16.3. The Hall–Kier alpha value is -2.50. The van der Waals surface area contributed by atoms with Crippen LogP contribution in [-0.2, 0) is 22.7 Å². The number of carbonyl (C=O) groups excluding carboxylic acids is 1. The van der Waals surface area contributed by atoms with Crippen molar-refractivity contribution in [2.75, 3.05) is 0 Å². The first-order chi connectivity index (χ1) is 15.7. The summed E-state index contributed by atoms with van der Waals surface area (Å²) in [6, 6.07) is 21.4. The smallest absolute Gasteiger partial charge is 0.290 e. The van der Waals surface area contributed by atoms with E-state index in [0.717, 1.165) is 38.3 Å². The van der Waals surface area contributed by atoms with Gasteiger partial charge in [-0.1, -0.05) is 101 Å². The molecular weight excluding hydrogens is 424 g/mol. The van der Waals surface area contributed by atoms with E-state index >= 15 is 0 Å². The second-order valence-corrected chi connectivity index (χ2v) is 8.10. The van der Waals surface area contributed by atoms with Crippen LogP contribution >= 0.6 is 0 Å². The first-order valence-electron chi connectivity index (χ1n) is 11.8. The number of Topliss-reactive ketones (excluding diaryl/α,β-unsaturated/α-hetero) is 1. The second-order valence-electron chi connectivity index (χ2n) is 8.10. The summed E-state index contributed by atoms with van der Waals surface area (Å²) in [4.78, 5) is 18.8. The number of benzene rings is 2. The molecule has 2 aliphatic carbocycles. The maximum absolute atomic E-state index is 10.5. The highest BCUT2D eigenvalue weighted by Gasteiger charge is 2.11. The van der Waals surface area contributed by atoms with E-state index in [1.807, 2.05) is 30.3 Å². The lowest BCUT2D eigenvalue weighted by Crippen LogP contribution is -2.30. The van der Waals surface area contributed by atoms with E-state index in [-0.39, 0.29) is 21.3 Å². The molecule has 4 rings (SSSR count). The number of nitrogens with two attached hydrogens (primary N) is 1. The minimum Gasteiger partial charge on any atom is -0.483 e. The Kier molecular flexibility index (Phi) is 23.4. The van der Waals surface area contributed by atoms with Crippen LogP contribution in [0.3, 0.4) is 0 Å². The normalized spacial score (nSPS) is 14.7. The Morgan fingerprint density at radius 1 is 0.794 bits per heavy atom. The number of carboxylic acid groups (broad SMARTS) is 1. The van der Waals surface area contributed by atoms with E-state index in [1.54, 1.807) is 0 Å². The third-order valence-corrected chi connectivity index (χ3v) is 5.53. The minimum atomic E-state index is -0.250. The van der Waals surface area contributed by atoms with Crippen LogP contribution in [-0.4, -0.2) is 23.4 Å². The Balaban J connectivity index is 0. The molecule has 4 N–H and O–H groups in total. The van der Waals surface area contributed by atoms with Gasteiger partial charge >= 0.3 is 0 Å². The average molecular weight is 473 g/mol. The lowest BCUT2D eigenvalue weighted by atomic mass is 9.95. The van der Waals surface area contributed by atoms with Crippen LogP contribution in [0.5, 0.6) is 0 Å². The van der Waals surface area contributed by atoms with Crippen molar-refractivity contribution < 1.29 is 14.7 Å². The Morgan fingerprint density at radius 2 is 1.24 bits per heavy atom. The lowest BCUT2D eigenvalue weighted by molar-refractivity contribution is -0.123. The van der Waals surface area contributed by atoms with Crippen LogP contribution in [0.2, 0.25) is 0 Å². The summed E-state index contributed by atoms with van der Waals surface area (Å²) in [6.07, 6.45) is 12.2. The molecule has 2 aromatic carbocycles. The van der Waals surface area contributed by atoms with Crippen LogP contribution < -0.4 is 11.1 Å². The molecule has 0 aromatic heterocycles. The molecule has 5 heteroatoms. The summed E-state index contributed by atoms with van der Waals surface area (Å²) in [5, 5.41) is 10.5. The van der Waals surface area contributed by atoms with Crippen molar-refractivity contribution in [2.45, 2.75) is 98.2 Å². The van der Waals surface area contributed by atoms with Gasteiger partial charge in [0, 0.05) is 32.0 Å². The van der Waals surface area contributed by atoms with Gasteiger partial charge < -0.3 is 16.2 Å². The molecule has 2 fully saturated rings. The summed E-state index contributed by atoms with van der Waals surface area (Å²) < 4.78 is 0. The molecule has 2 aromatic rings. The third kappa shape index (κ3) is 18.0. The van der Waals surface area contributed by atoms with E-state index < -0.39 is 0 Å². The van der Waals surface area contributed by atoms with Crippen molar-refractivity contribution in [1.82, 2.24) is 5.32 Å². The van der Waals surface area contributed by atoms with Crippen LogP contribution in [0, 0.1) is 0 Å². The van der Waals surface area contributed by atoms with Gasteiger partial charge in [-0.2, -0.15) is 0 Å². The van der Waals surface area contributed by atoms with E-state index in [2.05, 4.69) is 35.6 Å². The lowest BCUT2D eigenvalue weighted by Gasteiger charge is -2.22. The summed E-state index contributed by atoms with van der Waals surface area (Å²) in [6.45, 7) is 1.42. The molecule has 0 heterocycles. The first kappa shape index (κ1) is 33.7. The zero-order valence-electron chi connectivity index (χ0n) is 19.3. The molecule has 0 atom stereocenters. The van der Waals surface area contributed by atoms with Crippen molar-refractivity contribution in [3.63, 3.8) is 0 Å². The SMILES string of the molecule is C.C.NCc1ccccc1.O=C1CCCCC1.O=CO.c1ccc(CNC2CCCCC2)cc1. The molecule has 0 amide bonds. The summed E-state index contributed by atoms with van der Waals surface area (Å²) in [7, 11) is 0. The fourth-order valence-corrected chi connectivity index (χ4v) is 3.72. The largest absolute Gasteiger partial charge is 0.483 e. The van der Waals surface area contributed by atoms with Gasteiger partial charge in [-0.3, -0.25) is 9.59 Å². The Labute approximate surface area is 208 Å². The monoisotopic (exact) mass is 472 g/mol. The summed E-state index contributed by atoms with van der Waals surface area (Å²) in [5.41, 5.74) is 7.94. The van der Waals surface area contributed by atoms with Gasteiger partial charge in [0.1, 0.15) is 5.78 Å². The van der Waals surface area contributed by atoms with Crippen molar-refractivity contribution >= 4 is 12.3 Å². The highest BCUT2D eigenvalue weighted by molar-refractivity contribution is 5.78. The Bertz CT molecular complexity index is 694. The number of hydrogen-bond acceptors (Lipinski definition) is 4. The van der Waals surface area contributed by atoms with Crippen LogP contribution in [0.25, 0.3) is 0 Å². The molecule has 0 bridgehead atoms. The zero-order valence-corrected chi connectivity index (χ0v) is 19.3. The fourth-order valence-electron chi connectivity index (χ4n) is 3.72. The minimum absolute atomic E-state index is 0. The van der Waals surface area contributed by atoms with E-state index in [1.165, 1.54) is 49.7 Å². The van der Waals surface area contributed by atoms with E-state index in [0.29, 0.717) is 12.3 Å². The predicted octanol–water partition coefficient (Wildman–Crippen LogP) is 6.75. The molecule has 0 unspecified atom stereocenters. The van der Waals surface area contributed by atoms with E-state index in [9.17, 15) is 4.79 Å². The average Bonchev–Trinajstić information content (AvgIpc) is 2.86. The van der Waals surface area contributed by atoms with Gasteiger partial charge in [-0.25, -0.2) is 0 Å². The van der Waals surface area contributed by atoms with Gasteiger partial charge in [-0.05, 0) is 36.8 Å². The number of hydrogen-bond donors (Lipinski definition) is 3. The van der Waals surface area contributed by atoms with Gasteiger partial charge in [-0.15, -0.1) is 0 Å². The molecule has 0 saturated heterocycles.